The molecule has 1 saturated heterocycles. The number of thioether (sulfide) groups is 1. The molecule has 6 nitrogen and oxygen atoms in total. The van der Waals surface area contributed by atoms with Gasteiger partial charge in [0.2, 0.25) is 11.6 Å². The second-order valence-electron chi connectivity index (χ2n) is 9.20. The fraction of sp³-hybridized carbons (Fsp3) is 0.407. The van der Waals surface area contributed by atoms with Gasteiger partial charge >= 0.3 is 0 Å². The Morgan fingerprint density at radius 1 is 1.06 bits per heavy atom. The van der Waals surface area contributed by atoms with Crippen LogP contribution in [0.5, 0.6) is 5.75 Å². The molecule has 1 atom stereocenters. The number of hydrogen-bond acceptors (Lipinski definition) is 7. The van der Waals surface area contributed by atoms with E-state index in [4.69, 9.17) is 9.47 Å². The lowest BCUT2D eigenvalue weighted by Gasteiger charge is -2.45. The average molecular weight is 480 g/mol. The van der Waals surface area contributed by atoms with Crippen LogP contribution in [0.2, 0.25) is 0 Å². The molecular weight excluding hydrogens is 450 g/mol. The highest BCUT2D eigenvalue weighted by molar-refractivity contribution is 8.04. The van der Waals surface area contributed by atoms with Gasteiger partial charge in [0.25, 0.3) is 0 Å². The second-order valence-corrected chi connectivity index (χ2v) is 10.2. The second kappa shape index (κ2) is 9.56. The van der Waals surface area contributed by atoms with E-state index in [-0.39, 0.29) is 12.2 Å². The van der Waals surface area contributed by atoms with Crippen LogP contribution in [0.15, 0.2) is 53.4 Å². The first-order valence-corrected chi connectivity index (χ1v) is 12.8. The van der Waals surface area contributed by atoms with Crippen LogP contribution in [0.4, 0.5) is 0 Å². The van der Waals surface area contributed by atoms with E-state index in [0.29, 0.717) is 28.5 Å². The number of β-amino-alcohol motifs (C(OH)–C–C–N with tert-alkyl or cyclic N) is 1. The van der Waals surface area contributed by atoms with Crippen LogP contribution in [0.1, 0.15) is 41.3 Å². The molecule has 1 spiro atoms. The van der Waals surface area contributed by atoms with Crippen molar-refractivity contribution in [2.75, 3.05) is 32.0 Å². The van der Waals surface area contributed by atoms with E-state index in [1.807, 2.05) is 36.4 Å². The summed E-state index contributed by atoms with van der Waals surface area (Å²) in [4.78, 5) is 27.7. The molecule has 0 bridgehead atoms. The van der Waals surface area contributed by atoms with E-state index in [9.17, 15) is 14.7 Å². The number of ketones is 2. The van der Waals surface area contributed by atoms with Gasteiger partial charge in [0.05, 0.1) is 0 Å². The zero-order chi connectivity index (χ0) is 23.7. The summed E-state index contributed by atoms with van der Waals surface area (Å²) in [6.45, 7) is 4.49. The summed E-state index contributed by atoms with van der Waals surface area (Å²) >= 11 is 1.45. The molecule has 0 amide bonds. The number of Topliss-reactive ketones (excluding diaryl/α,β-unsaturated/α-hetero) is 2. The van der Waals surface area contributed by atoms with E-state index in [1.165, 1.54) is 17.3 Å². The van der Waals surface area contributed by atoms with Gasteiger partial charge in [-0.05, 0) is 24.1 Å². The first kappa shape index (κ1) is 23.1. The highest BCUT2D eigenvalue weighted by Crippen LogP contribution is 2.47. The predicted molar refractivity (Wildman–Crippen MR) is 132 cm³/mol. The van der Waals surface area contributed by atoms with E-state index in [0.717, 1.165) is 43.7 Å². The van der Waals surface area contributed by atoms with Crippen molar-refractivity contribution in [2.24, 2.45) is 0 Å². The maximum atomic E-state index is 12.6. The van der Waals surface area contributed by atoms with Gasteiger partial charge in [-0.2, -0.15) is 0 Å². The van der Waals surface area contributed by atoms with Gasteiger partial charge < -0.3 is 19.5 Å². The molecule has 1 N–H and O–H groups in total. The summed E-state index contributed by atoms with van der Waals surface area (Å²) < 4.78 is 12.3. The molecule has 2 aromatic rings. The monoisotopic (exact) mass is 479 g/mol. The molecule has 5 rings (SSSR count). The van der Waals surface area contributed by atoms with Crippen molar-refractivity contribution in [1.29, 1.82) is 0 Å². The molecule has 7 heteroatoms. The number of fused-ring (bicyclic) bond motifs is 2. The van der Waals surface area contributed by atoms with Crippen LogP contribution in [0.3, 0.4) is 0 Å². The van der Waals surface area contributed by atoms with Gasteiger partial charge in [-0.15, -0.1) is 11.8 Å². The number of ether oxygens (including phenoxy) is 2. The third-order valence-corrected chi connectivity index (χ3v) is 8.17. The normalized spacial score (nSPS) is 20.5. The maximum Gasteiger partial charge on any atom is 0.243 e. The highest BCUT2D eigenvalue weighted by Gasteiger charge is 2.46. The molecule has 3 aliphatic rings. The van der Waals surface area contributed by atoms with Crippen molar-refractivity contribution in [1.82, 2.24) is 4.90 Å². The van der Waals surface area contributed by atoms with E-state index < -0.39 is 17.7 Å². The van der Waals surface area contributed by atoms with Crippen LogP contribution < -0.4 is 4.74 Å². The smallest absolute Gasteiger partial charge is 0.243 e. The Morgan fingerprint density at radius 3 is 2.47 bits per heavy atom. The van der Waals surface area contributed by atoms with Gasteiger partial charge in [0.15, 0.2) is 0 Å². The van der Waals surface area contributed by atoms with E-state index in [2.05, 4.69) is 11.8 Å². The largest absolute Gasteiger partial charge is 0.491 e. The number of nitrogens with zero attached hydrogens (tertiary/aromatic N) is 1. The fourth-order valence-electron chi connectivity index (χ4n) is 4.77. The van der Waals surface area contributed by atoms with Crippen molar-refractivity contribution in [2.45, 2.75) is 37.9 Å². The molecule has 2 aromatic carbocycles. The molecule has 2 heterocycles. The number of rotatable bonds is 6. The molecular formula is C27H29NO5S. The SMILES string of the molecule is CCc1ccc(OC[C@@H](O)CN2CCC3(CC2)CSC2=C(O3)c3ccccc3C(=O)C2=O)cc1. The van der Waals surface area contributed by atoms with E-state index in [1.54, 1.807) is 12.1 Å². The number of carbonyl (C=O) groups excluding carboxylic acids is 2. The Bertz CT molecular complexity index is 1120. The Hall–Kier alpha value is -2.61. The average Bonchev–Trinajstić information content (AvgIpc) is 2.88. The molecule has 34 heavy (non-hydrogen) atoms. The summed E-state index contributed by atoms with van der Waals surface area (Å²) in [6, 6.07) is 15.2. The topological polar surface area (TPSA) is 76.1 Å². The van der Waals surface area contributed by atoms with E-state index >= 15 is 0 Å². The van der Waals surface area contributed by atoms with Crippen LogP contribution in [-0.2, 0) is 16.0 Å². The third kappa shape index (κ3) is 4.52. The third-order valence-electron chi connectivity index (χ3n) is 6.84. The summed E-state index contributed by atoms with van der Waals surface area (Å²) in [5, 5.41) is 10.5. The molecule has 0 aromatic heterocycles. The number of benzene rings is 2. The van der Waals surface area contributed by atoms with Gasteiger partial charge in [-0.25, -0.2) is 0 Å². The number of aliphatic hydroxyl groups excluding tert-OH is 1. The molecule has 2 aliphatic heterocycles. The fourth-order valence-corrected chi connectivity index (χ4v) is 6.03. The molecule has 0 radical (unpaired) electrons. The molecule has 178 valence electrons. The standard InChI is InChI=1S/C27H29NO5S/c1-2-18-7-9-20(10-8-18)32-16-19(29)15-28-13-11-27(12-14-28)17-34-26-24(31)23(30)21-5-3-4-6-22(21)25(26)33-27/h3-10,19,29H,2,11-17H2,1H3/t19-/m0/s1. The lowest BCUT2D eigenvalue weighted by Crippen LogP contribution is -2.51. The number of likely N-dealkylation sites (tertiary alicyclic amines) is 1. The lowest BCUT2D eigenvalue weighted by atomic mass is 9.90. The molecule has 0 saturated carbocycles. The molecule has 1 fully saturated rings. The van der Waals surface area contributed by atoms with Crippen molar-refractivity contribution in [3.63, 3.8) is 0 Å². The number of carbonyl (C=O) groups is 2. The van der Waals surface area contributed by atoms with Crippen molar-refractivity contribution < 1.29 is 24.2 Å². The van der Waals surface area contributed by atoms with Crippen LogP contribution in [0.25, 0.3) is 5.76 Å². The van der Waals surface area contributed by atoms with Gasteiger partial charge in [-0.3, -0.25) is 9.59 Å². The van der Waals surface area contributed by atoms with Gasteiger partial charge in [0.1, 0.15) is 34.7 Å². The van der Waals surface area contributed by atoms with Crippen LogP contribution >= 0.6 is 11.8 Å². The Labute approximate surface area is 203 Å². The summed E-state index contributed by atoms with van der Waals surface area (Å²) in [5.74, 6) is 1.08. The van der Waals surface area contributed by atoms with Crippen molar-refractivity contribution in [3.8, 4) is 5.75 Å². The van der Waals surface area contributed by atoms with Gasteiger partial charge in [-0.1, -0.05) is 43.3 Å². The summed E-state index contributed by atoms with van der Waals surface area (Å²) in [6.07, 6.45) is 2.01. The molecule has 1 aliphatic carbocycles. The van der Waals surface area contributed by atoms with Crippen LogP contribution in [-0.4, -0.2) is 65.3 Å². The highest BCUT2D eigenvalue weighted by atomic mass is 32.2. The quantitative estimate of drug-likeness (QED) is 0.633. The van der Waals surface area contributed by atoms with Crippen molar-refractivity contribution in [3.05, 3.63) is 70.1 Å². The number of allylic oxidation sites excluding steroid dienone is 1. The number of piperidine rings is 1. The van der Waals surface area contributed by atoms with Gasteiger partial charge in [0, 0.05) is 49.4 Å². The zero-order valence-electron chi connectivity index (χ0n) is 19.3. The first-order valence-electron chi connectivity index (χ1n) is 11.8. The lowest BCUT2D eigenvalue weighted by molar-refractivity contribution is -0.111. The summed E-state index contributed by atoms with van der Waals surface area (Å²) in [5.41, 5.74) is 2.04. The Kier molecular flexibility index (Phi) is 6.51. The molecule has 0 unspecified atom stereocenters. The van der Waals surface area contributed by atoms with Crippen molar-refractivity contribution >= 4 is 29.1 Å². The minimum atomic E-state index is -0.579. The summed E-state index contributed by atoms with van der Waals surface area (Å²) in [7, 11) is 0. The Morgan fingerprint density at radius 2 is 1.76 bits per heavy atom. The van der Waals surface area contributed by atoms with Crippen LogP contribution in [0, 0.1) is 0 Å². The maximum absolute atomic E-state index is 12.6. The Balaban J connectivity index is 1.17. The predicted octanol–water partition coefficient (Wildman–Crippen LogP) is 3.72. The number of aryl methyl sites for hydroxylation is 1. The minimum Gasteiger partial charge on any atom is -0.491 e. The minimum absolute atomic E-state index is 0.253. The number of aliphatic hydroxyl groups is 1. The number of hydrogen-bond donors (Lipinski definition) is 1. The zero-order valence-corrected chi connectivity index (χ0v) is 20.1. The first-order chi connectivity index (χ1) is 16.5.